The molecule has 0 spiro atoms. The summed E-state index contributed by atoms with van der Waals surface area (Å²) in [7, 11) is 0. The Kier molecular flexibility index (Phi) is 4.61. The number of carbonyl (C=O) groups excluding carboxylic acids is 1. The molecule has 0 unspecified atom stereocenters. The SMILES string of the molecule is Cc1ccc(-c2cc(NC(=O)c3ccccc3)cc(C(=O)O)c2)cc1. The van der Waals surface area contributed by atoms with Crippen molar-refractivity contribution in [2.45, 2.75) is 6.92 Å². The van der Waals surface area contributed by atoms with Gasteiger partial charge in [-0.15, -0.1) is 0 Å². The molecule has 3 aromatic carbocycles. The fourth-order valence-electron chi connectivity index (χ4n) is 2.53. The molecular formula is C21H17NO3. The van der Waals surface area contributed by atoms with Crippen LogP contribution in [-0.2, 0) is 0 Å². The zero-order chi connectivity index (χ0) is 17.8. The van der Waals surface area contributed by atoms with Gasteiger partial charge in [0.15, 0.2) is 0 Å². The highest BCUT2D eigenvalue weighted by molar-refractivity contribution is 6.05. The molecule has 25 heavy (non-hydrogen) atoms. The van der Waals surface area contributed by atoms with Crippen molar-refractivity contribution >= 4 is 17.6 Å². The predicted octanol–water partition coefficient (Wildman–Crippen LogP) is 4.61. The van der Waals surface area contributed by atoms with Crippen LogP contribution in [0.15, 0.2) is 72.8 Å². The van der Waals surface area contributed by atoms with Gasteiger partial charge in [-0.2, -0.15) is 0 Å². The van der Waals surface area contributed by atoms with E-state index in [0.717, 1.165) is 16.7 Å². The molecule has 2 N–H and O–H groups in total. The van der Waals surface area contributed by atoms with Gasteiger partial charge in [0.05, 0.1) is 5.56 Å². The fraction of sp³-hybridized carbons (Fsp3) is 0.0476. The predicted molar refractivity (Wildman–Crippen MR) is 98.0 cm³/mol. The molecule has 4 heteroatoms. The summed E-state index contributed by atoms with van der Waals surface area (Å²) < 4.78 is 0. The van der Waals surface area contributed by atoms with Crippen LogP contribution in [0.25, 0.3) is 11.1 Å². The van der Waals surface area contributed by atoms with Gasteiger partial charge in [-0.05, 0) is 48.4 Å². The number of carboxylic acids is 1. The molecule has 0 aromatic heterocycles. The van der Waals surface area contributed by atoms with E-state index in [0.29, 0.717) is 11.3 Å². The number of aromatic carboxylic acids is 1. The zero-order valence-electron chi connectivity index (χ0n) is 13.7. The van der Waals surface area contributed by atoms with Gasteiger partial charge in [-0.25, -0.2) is 4.79 Å². The summed E-state index contributed by atoms with van der Waals surface area (Å²) in [6.07, 6.45) is 0. The number of benzene rings is 3. The lowest BCUT2D eigenvalue weighted by Gasteiger charge is -2.10. The molecule has 0 atom stereocenters. The lowest BCUT2D eigenvalue weighted by Crippen LogP contribution is -2.12. The van der Waals surface area contributed by atoms with Crippen LogP contribution < -0.4 is 5.32 Å². The van der Waals surface area contributed by atoms with Crippen molar-refractivity contribution in [3.05, 3.63) is 89.5 Å². The highest BCUT2D eigenvalue weighted by Crippen LogP contribution is 2.26. The summed E-state index contributed by atoms with van der Waals surface area (Å²) in [6, 6.07) is 21.4. The Morgan fingerprint density at radius 2 is 1.48 bits per heavy atom. The van der Waals surface area contributed by atoms with E-state index in [4.69, 9.17) is 0 Å². The van der Waals surface area contributed by atoms with E-state index in [2.05, 4.69) is 5.32 Å². The molecule has 3 aromatic rings. The Bertz CT molecular complexity index is 916. The van der Waals surface area contributed by atoms with Crippen molar-refractivity contribution in [1.29, 1.82) is 0 Å². The zero-order valence-corrected chi connectivity index (χ0v) is 13.7. The van der Waals surface area contributed by atoms with Crippen molar-refractivity contribution in [3.8, 4) is 11.1 Å². The van der Waals surface area contributed by atoms with Crippen LogP contribution in [0.3, 0.4) is 0 Å². The maximum atomic E-state index is 12.3. The number of aryl methyl sites for hydroxylation is 1. The summed E-state index contributed by atoms with van der Waals surface area (Å²) in [4.78, 5) is 23.8. The fourth-order valence-corrected chi connectivity index (χ4v) is 2.53. The van der Waals surface area contributed by atoms with Crippen molar-refractivity contribution in [1.82, 2.24) is 0 Å². The molecule has 0 fully saturated rings. The number of amides is 1. The van der Waals surface area contributed by atoms with E-state index in [1.165, 1.54) is 6.07 Å². The van der Waals surface area contributed by atoms with E-state index in [9.17, 15) is 14.7 Å². The summed E-state index contributed by atoms with van der Waals surface area (Å²) in [5.74, 6) is -1.32. The van der Waals surface area contributed by atoms with Gasteiger partial charge in [0.1, 0.15) is 0 Å². The van der Waals surface area contributed by atoms with Gasteiger partial charge in [0.2, 0.25) is 0 Å². The Morgan fingerprint density at radius 1 is 0.800 bits per heavy atom. The first-order valence-electron chi connectivity index (χ1n) is 7.85. The summed E-state index contributed by atoms with van der Waals surface area (Å²) in [5, 5.41) is 12.1. The number of rotatable bonds is 4. The maximum Gasteiger partial charge on any atom is 0.335 e. The molecule has 0 aliphatic heterocycles. The van der Waals surface area contributed by atoms with Crippen molar-refractivity contribution in [2.24, 2.45) is 0 Å². The van der Waals surface area contributed by atoms with E-state index in [1.54, 1.807) is 36.4 Å². The molecule has 0 radical (unpaired) electrons. The highest BCUT2D eigenvalue weighted by Gasteiger charge is 2.11. The van der Waals surface area contributed by atoms with E-state index in [1.807, 2.05) is 37.3 Å². The first-order valence-corrected chi connectivity index (χ1v) is 7.85. The number of carbonyl (C=O) groups is 2. The van der Waals surface area contributed by atoms with Gasteiger partial charge >= 0.3 is 5.97 Å². The van der Waals surface area contributed by atoms with Gasteiger partial charge < -0.3 is 10.4 Å². The number of nitrogens with one attached hydrogen (secondary N) is 1. The average molecular weight is 331 g/mol. The topological polar surface area (TPSA) is 66.4 Å². The molecule has 0 saturated carbocycles. The average Bonchev–Trinajstić information content (AvgIpc) is 2.62. The second kappa shape index (κ2) is 7.01. The van der Waals surface area contributed by atoms with Crippen LogP contribution in [0.2, 0.25) is 0 Å². The van der Waals surface area contributed by atoms with Crippen LogP contribution in [-0.4, -0.2) is 17.0 Å². The number of anilines is 1. The van der Waals surface area contributed by atoms with Crippen LogP contribution in [0, 0.1) is 6.92 Å². The van der Waals surface area contributed by atoms with Gasteiger partial charge in [0.25, 0.3) is 5.91 Å². The molecule has 1 amide bonds. The van der Waals surface area contributed by atoms with Gasteiger partial charge in [-0.1, -0.05) is 48.0 Å². The largest absolute Gasteiger partial charge is 0.478 e. The smallest absolute Gasteiger partial charge is 0.335 e. The monoisotopic (exact) mass is 331 g/mol. The Labute approximate surface area is 145 Å². The lowest BCUT2D eigenvalue weighted by molar-refractivity contribution is 0.0696. The van der Waals surface area contributed by atoms with E-state index >= 15 is 0 Å². The van der Waals surface area contributed by atoms with Crippen LogP contribution in [0.5, 0.6) is 0 Å². The third kappa shape index (κ3) is 3.93. The maximum absolute atomic E-state index is 12.3. The third-order valence-electron chi connectivity index (χ3n) is 3.86. The van der Waals surface area contributed by atoms with Crippen molar-refractivity contribution in [3.63, 3.8) is 0 Å². The van der Waals surface area contributed by atoms with Crippen LogP contribution >= 0.6 is 0 Å². The minimum Gasteiger partial charge on any atom is -0.478 e. The Hall–Kier alpha value is -3.40. The normalized spacial score (nSPS) is 10.3. The molecule has 4 nitrogen and oxygen atoms in total. The van der Waals surface area contributed by atoms with E-state index in [-0.39, 0.29) is 11.5 Å². The van der Waals surface area contributed by atoms with Gasteiger partial charge in [-0.3, -0.25) is 4.79 Å². The Balaban J connectivity index is 1.97. The minimum absolute atomic E-state index is 0.126. The van der Waals surface area contributed by atoms with Crippen LogP contribution in [0.1, 0.15) is 26.3 Å². The number of hydrogen-bond donors (Lipinski definition) is 2. The van der Waals surface area contributed by atoms with Gasteiger partial charge in [0, 0.05) is 11.3 Å². The molecular weight excluding hydrogens is 314 g/mol. The summed E-state index contributed by atoms with van der Waals surface area (Å²) in [5.41, 5.74) is 3.84. The number of hydrogen-bond acceptors (Lipinski definition) is 2. The second-order valence-corrected chi connectivity index (χ2v) is 5.79. The van der Waals surface area contributed by atoms with E-state index < -0.39 is 5.97 Å². The molecule has 0 aliphatic rings. The molecule has 124 valence electrons. The molecule has 0 aliphatic carbocycles. The summed E-state index contributed by atoms with van der Waals surface area (Å²) in [6.45, 7) is 1.99. The lowest BCUT2D eigenvalue weighted by atomic mass is 10.0. The molecule has 3 rings (SSSR count). The van der Waals surface area contributed by atoms with Crippen molar-refractivity contribution < 1.29 is 14.7 Å². The first-order chi connectivity index (χ1) is 12.0. The second-order valence-electron chi connectivity index (χ2n) is 5.79. The first kappa shape index (κ1) is 16.5. The molecule has 0 saturated heterocycles. The highest BCUT2D eigenvalue weighted by atomic mass is 16.4. The van der Waals surface area contributed by atoms with Crippen LogP contribution in [0.4, 0.5) is 5.69 Å². The standard InChI is InChI=1S/C21H17NO3/c1-14-7-9-15(10-8-14)17-11-18(21(24)25)13-19(12-17)22-20(23)16-5-3-2-4-6-16/h2-13H,1H3,(H,22,23)(H,24,25). The Morgan fingerprint density at radius 3 is 2.12 bits per heavy atom. The molecule has 0 bridgehead atoms. The quantitative estimate of drug-likeness (QED) is 0.733. The summed E-state index contributed by atoms with van der Waals surface area (Å²) >= 11 is 0. The molecule has 0 heterocycles. The number of carboxylic acid groups (broad SMARTS) is 1. The third-order valence-corrected chi connectivity index (χ3v) is 3.86. The van der Waals surface area contributed by atoms with Crippen molar-refractivity contribution in [2.75, 3.05) is 5.32 Å². The minimum atomic E-state index is -1.04.